The number of rotatable bonds is 6. The molecule has 0 fully saturated rings. The van der Waals surface area contributed by atoms with Crippen molar-refractivity contribution >= 4 is 5.97 Å². The summed E-state index contributed by atoms with van der Waals surface area (Å²) in [5.41, 5.74) is 0.653. The molecule has 6 heteroatoms. The molecule has 94 valence electrons. The first-order valence-corrected chi connectivity index (χ1v) is 5.17. The van der Waals surface area contributed by atoms with E-state index in [1.54, 1.807) is 0 Å². The van der Waals surface area contributed by atoms with Crippen molar-refractivity contribution in [2.24, 2.45) is 0 Å². The molecule has 0 unspecified atom stereocenters. The lowest BCUT2D eigenvalue weighted by Crippen LogP contribution is -2.20. The summed E-state index contributed by atoms with van der Waals surface area (Å²) >= 11 is 0. The number of nitrogens with one attached hydrogen (secondary N) is 1. The number of hydrogen-bond donors (Lipinski definition) is 5. The SMILES string of the molecule is O=C(O)CCNCCc1cc(O)c(O)c(O)c1. The number of aliphatic carboxylic acids is 1. The molecule has 0 spiro atoms. The van der Waals surface area contributed by atoms with Crippen molar-refractivity contribution < 1.29 is 25.2 Å². The Morgan fingerprint density at radius 2 is 1.71 bits per heavy atom. The highest BCUT2D eigenvalue weighted by atomic mass is 16.4. The van der Waals surface area contributed by atoms with Crippen molar-refractivity contribution in [1.29, 1.82) is 0 Å². The van der Waals surface area contributed by atoms with E-state index in [1.807, 2.05) is 0 Å². The highest BCUT2D eigenvalue weighted by molar-refractivity contribution is 5.66. The van der Waals surface area contributed by atoms with Crippen LogP contribution in [-0.4, -0.2) is 39.5 Å². The lowest BCUT2D eigenvalue weighted by Gasteiger charge is -2.06. The maximum Gasteiger partial charge on any atom is 0.304 e. The van der Waals surface area contributed by atoms with Crippen LogP contribution in [0.2, 0.25) is 0 Å². The highest BCUT2D eigenvalue weighted by Crippen LogP contribution is 2.35. The van der Waals surface area contributed by atoms with Crippen LogP contribution >= 0.6 is 0 Å². The number of carboxylic acids is 1. The van der Waals surface area contributed by atoms with E-state index in [1.165, 1.54) is 12.1 Å². The van der Waals surface area contributed by atoms with Crippen molar-refractivity contribution in [3.8, 4) is 17.2 Å². The van der Waals surface area contributed by atoms with Gasteiger partial charge in [0, 0.05) is 6.54 Å². The minimum Gasteiger partial charge on any atom is -0.504 e. The van der Waals surface area contributed by atoms with Crippen LogP contribution in [0.5, 0.6) is 17.2 Å². The molecule has 0 radical (unpaired) electrons. The number of carboxylic acid groups (broad SMARTS) is 1. The molecular weight excluding hydrogens is 226 g/mol. The molecule has 1 aromatic carbocycles. The van der Waals surface area contributed by atoms with Gasteiger partial charge >= 0.3 is 5.97 Å². The third kappa shape index (κ3) is 4.20. The van der Waals surface area contributed by atoms with Gasteiger partial charge in [0.1, 0.15) is 0 Å². The Kier molecular flexibility index (Phi) is 4.59. The van der Waals surface area contributed by atoms with E-state index in [9.17, 15) is 15.0 Å². The molecule has 5 N–H and O–H groups in total. The van der Waals surface area contributed by atoms with Crippen LogP contribution in [0, 0.1) is 0 Å². The normalized spacial score (nSPS) is 10.4. The molecule has 0 amide bonds. The van der Waals surface area contributed by atoms with E-state index < -0.39 is 11.7 Å². The number of phenols is 3. The van der Waals surface area contributed by atoms with Gasteiger partial charge in [-0.25, -0.2) is 0 Å². The average molecular weight is 241 g/mol. The van der Waals surface area contributed by atoms with Crippen LogP contribution in [-0.2, 0) is 11.2 Å². The number of phenolic OH excluding ortho intramolecular Hbond substituents is 3. The Morgan fingerprint density at radius 1 is 1.12 bits per heavy atom. The topological polar surface area (TPSA) is 110 Å². The smallest absolute Gasteiger partial charge is 0.304 e. The van der Waals surface area contributed by atoms with Gasteiger partial charge in [0.2, 0.25) is 0 Å². The van der Waals surface area contributed by atoms with Crippen molar-refractivity contribution in [3.05, 3.63) is 17.7 Å². The first kappa shape index (κ1) is 13.1. The van der Waals surface area contributed by atoms with Crippen LogP contribution in [0.3, 0.4) is 0 Å². The first-order valence-electron chi connectivity index (χ1n) is 5.17. The number of hydrogen-bond acceptors (Lipinski definition) is 5. The second kappa shape index (κ2) is 5.95. The molecule has 0 saturated heterocycles. The first-order chi connectivity index (χ1) is 8.00. The molecule has 17 heavy (non-hydrogen) atoms. The van der Waals surface area contributed by atoms with Crippen molar-refractivity contribution in [1.82, 2.24) is 5.32 Å². The summed E-state index contributed by atoms with van der Waals surface area (Å²) in [6, 6.07) is 2.71. The van der Waals surface area contributed by atoms with E-state index in [0.29, 0.717) is 25.1 Å². The molecule has 0 aromatic heterocycles. The predicted octanol–water partition coefficient (Wildman–Crippen LogP) is 0.410. The van der Waals surface area contributed by atoms with Crippen LogP contribution in [0.15, 0.2) is 12.1 Å². The molecule has 1 aromatic rings. The number of aromatic hydroxyl groups is 3. The molecule has 0 heterocycles. The highest BCUT2D eigenvalue weighted by Gasteiger charge is 2.07. The summed E-state index contributed by atoms with van der Waals surface area (Å²) in [4.78, 5) is 10.2. The van der Waals surface area contributed by atoms with Crippen molar-refractivity contribution in [3.63, 3.8) is 0 Å². The molecule has 0 aliphatic heterocycles. The van der Waals surface area contributed by atoms with Crippen molar-refractivity contribution in [2.75, 3.05) is 13.1 Å². The number of benzene rings is 1. The van der Waals surface area contributed by atoms with E-state index in [4.69, 9.17) is 10.2 Å². The molecule has 6 nitrogen and oxygen atoms in total. The van der Waals surface area contributed by atoms with Crippen LogP contribution in [0.1, 0.15) is 12.0 Å². The second-order valence-corrected chi connectivity index (χ2v) is 3.63. The standard InChI is InChI=1S/C11H15NO5/c13-8-5-7(6-9(14)11(8)17)1-3-12-4-2-10(15)16/h5-6,12-14,17H,1-4H2,(H,15,16). The third-order valence-corrected chi connectivity index (χ3v) is 2.24. The zero-order chi connectivity index (χ0) is 12.8. The molecule has 1 rings (SSSR count). The van der Waals surface area contributed by atoms with Crippen LogP contribution < -0.4 is 5.32 Å². The fourth-order valence-corrected chi connectivity index (χ4v) is 1.36. The summed E-state index contributed by atoms with van der Waals surface area (Å²) in [5, 5.41) is 38.9. The van der Waals surface area contributed by atoms with E-state index in [-0.39, 0.29) is 17.9 Å². The van der Waals surface area contributed by atoms with Gasteiger partial charge in [0.25, 0.3) is 0 Å². The Bertz CT molecular complexity index is 382. The molecule has 0 saturated carbocycles. The minimum absolute atomic E-state index is 0.0477. The summed E-state index contributed by atoms with van der Waals surface area (Å²) in [6.07, 6.45) is 0.563. The zero-order valence-electron chi connectivity index (χ0n) is 9.18. The summed E-state index contributed by atoms with van der Waals surface area (Å²) in [6.45, 7) is 0.891. The predicted molar refractivity (Wildman–Crippen MR) is 60.3 cm³/mol. The largest absolute Gasteiger partial charge is 0.504 e. The molecule has 0 aliphatic rings. The van der Waals surface area contributed by atoms with Crippen LogP contribution in [0.4, 0.5) is 0 Å². The third-order valence-electron chi connectivity index (χ3n) is 2.24. The van der Waals surface area contributed by atoms with E-state index in [0.717, 1.165) is 0 Å². The van der Waals surface area contributed by atoms with E-state index >= 15 is 0 Å². The van der Waals surface area contributed by atoms with Gasteiger partial charge in [-0.1, -0.05) is 0 Å². The van der Waals surface area contributed by atoms with Gasteiger partial charge in [-0.05, 0) is 30.7 Å². The maximum absolute atomic E-state index is 10.2. The van der Waals surface area contributed by atoms with Gasteiger partial charge in [-0.3, -0.25) is 4.79 Å². The fourth-order valence-electron chi connectivity index (χ4n) is 1.36. The molecule has 0 aliphatic carbocycles. The van der Waals surface area contributed by atoms with Gasteiger partial charge in [0.15, 0.2) is 17.2 Å². The van der Waals surface area contributed by atoms with Gasteiger partial charge in [0.05, 0.1) is 6.42 Å². The summed E-state index contributed by atoms with van der Waals surface area (Å²) < 4.78 is 0. The molecular formula is C11H15NO5. The fraction of sp³-hybridized carbons (Fsp3) is 0.364. The lowest BCUT2D eigenvalue weighted by molar-refractivity contribution is -0.136. The second-order valence-electron chi connectivity index (χ2n) is 3.63. The summed E-state index contributed by atoms with van der Waals surface area (Å²) in [7, 11) is 0. The summed E-state index contributed by atoms with van der Waals surface area (Å²) in [5.74, 6) is -2.14. The Morgan fingerprint density at radius 3 is 2.24 bits per heavy atom. The Labute approximate surface area is 98.1 Å². The molecule has 0 atom stereocenters. The minimum atomic E-state index is -0.863. The van der Waals surface area contributed by atoms with Crippen LogP contribution in [0.25, 0.3) is 0 Å². The Balaban J connectivity index is 2.39. The Hall–Kier alpha value is -1.95. The maximum atomic E-state index is 10.2. The molecule has 0 bridgehead atoms. The quantitative estimate of drug-likeness (QED) is 0.364. The van der Waals surface area contributed by atoms with Gasteiger partial charge < -0.3 is 25.7 Å². The number of carbonyl (C=O) groups is 1. The van der Waals surface area contributed by atoms with Crippen molar-refractivity contribution in [2.45, 2.75) is 12.8 Å². The lowest BCUT2D eigenvalue weighted by atomic mass is 10.1. The van der Waals surface area contributed by atoms with Gasteiger partial charge in [-0.15, -0.1) is 0 Å². The zero-order valence-corrected chi connectivity index (χ0v) is 9.18. The van der Waals surface area contributed by atoms with E-state index in [2.05, 4.69) is 5.32 Å². The monoisotopic (exact) mass is 241 g/mol. The van der Waals surface area contributed by atoms with Gasteiger partial charge in [-0.2, -0.15) is 0 Å². The average Bonchev–Trinajstić information content (AvgIpc) is 2.25.